The van der Waals surface area contributed by atoms with Gasteiger partial charge in [-0.15, -0.1) is 0 Å². The number of nitrogens with zero attached hydrogens (tertiary/aromatic N) is 2. The van der Waals surface area contributed by atoms with Gasteiger partial charge in [0.15, 0.2) is 0 Å². The molecule has 1 atom stereocenters. The lowest BCUT2D eigenvalue weighted by Crippen LogP contribution is -2.41. The van der Waals surface area contributed by atoms with Crippen molar-refractivity contribution in [3.63, 3.8) is 0 Å². The normalized spacial score (nSPS) is 19.5. The van der Waals surface area contributed by atoms with Gasteiger partial charge in [0.05, 0.1) is 35.1 Å². The molecule has 0 spiro atoms. The summed E-state index contributed by atoms with van der Waals surface area (Å²) in [5, 5.41) is 4.54. The van der Waals surface area contributed by atoms with E-state index in [1.807, 2.05) is 6.20 Å². The quantitative estimate of drug-likeness (QED) is 0.462. The molecule has 0 saturated heterocycles. The van der Waals surface area contributed by atoms with Gasteiger partial charge in [0, 0.05) is 19.9 Å². The first-order valence-corrected chi connectivity index (χ1v) is 9.52. The minimum absolute atomic E-state index is 0.0148. The van der Waals surface area contributed by atoms with E-state index in [0.717, 1.165) is 19.4 Å². The maximum Gasteiger partial charge on any atom is 0.104 e. The molecule has 1 aliphatic carbocycles. The van der Waals surface area contributed by atoms with Crippen LogP contribution in [-0.2, 0) is 20.8 Å². The number of methoxy groups -OCH3 is 2. The van der Waals surface area contributed by atoms with Crippen LogP contribution in [-0.4, -0.2) is 48.9 Å². The van der Waals surface area contributed by atoms with Gasteiger partial charge in [0.1, 0.15) is 6.10 Å². The number of hydrogen-bond acceptors (Lipinski definition) is 4. The molecule has 23 heavy (non-hydrogen) atoms. The SMILES string of the molecule is COCC(COC1(Cn2ncc(I)c2C)CCCCCC1)OC. The summed E-state index contributed by atoms with van der Waals surface area (Å²) in [6, 6.07) is 0. The second-order valence-corrected chi connectivity index (χ2v) is 7.62. The summed E-state index contributed by atoms with van der Waals surface area (Å²) in [6.45, 7) is 4.08. The van der Waals surface area contributed by atoms with Crippen molar-refractivity contribution in [3.8, 4) is 0 Å². The van der Waals surface area contributed by atoms with Crippen molar-refractivity contribution in [2.24, 2.45) is 0 Å². The van der Waals surface area contributed by atoms with Gasteiger partial charge in [-0.1, -0.05) is 25.7 Å². The Bertz CT molecular complexity index is 470. The van der Waals surface area contributed by atoms with Crippen LogP contribution in [0.4, 0.5) is 0 Å². The van der Waals surface area contributed by atoms with E-state index in [9.17, 15) is 0 Å². The number of rotatable bonds is 8. The van der Waals surface area contributed by atoms with Crippen LogP contribution in [0.3, 0.4) is 0 Å². The lowest BCUT2D eigenvalue weighted by atomic mass is 9.94. The van der Waals surface area contributed by atoms with Crippen LogP contribution in [0.5, 0.6) is 0 Å². The Morgan fingerprint density at radius 2 is 1.91 bits per heavy atom. The highest BCUT2D eigenvalue weighted by atomic mass is 127. The molecule has 2 rings (SSSR count). The maximum absolute atomic E-state index is 6.46. The van der Waals surface area contributed by atoms with E-state index < -0.39 is 0 Å². The molecule has 1 aliphatic rings. The van der Waals surface area contributed by atoms with Crippen LogP contribution in [0, 0.1) is 10.5 Å². The van der Waals surface area contributed by atoms with Gasteiger partial charge in [-0.3, -0.25) is 4.68 Å². The van der Waals surface area contributed by atoms with Gasteiger partial charge in [-0.25, -0.2) is 0 Å². The summed E-state index contributed by atoms with van der Waals surface area (Å²) in [5.41, 5.74) is 1.08. The Labute approximate surface area is 153 Å². The topological polar surface area (TPSA) is 45.5 Å². The van der Waals surface area contributed by atoms with Crippen LogP contribution >= 0.6 is 22.6 Å². The molecule has 1 heterocycles. The molecule has 1 aromatic heterocycles. The third kappa shape index (κ3) is 5.41. The van der Waals surface area contributed by atoms with E-state index in [4.69, 9.17) is 14.2 Å². The lowest BCUT2D eigenvalue weighted by molar-refractivity contribution is -0.116. The van der Waals surface area contributed by atoms with Crippen molar-refractivity contribution in [1.82, 2.24) is 9.78 Å². The highest BCUT2D eigenvalue weighted by Gasteiger charge is 2.34. The molecule has 1 unspecified atom stereocenters. The molecule has 0 amide bonds. The van der Waals surface area contributed by atoms with E-state index in [0.29, 0.717) is 13.2 Å². The first kappa shape index (κ1) is 19.1. The van der Waals surface area contributed by atoms with E-state index >= 15 is 0 Å². The second-order valence-electron chi connectivity index (χ2n) is 6.46. The highest BCUT2D eigenvalue weighted by molar-refractivity contribution is 14.1. The molecule has 6 heteroatoms. The van der Waals surface area contributed by atoms with E-state index in [1.165, 1.54) is 34.9 Å². The molecule has 5 nitrogen and oxygen atoms in total. The molecule has 0 aromatic carbocycles. The van der Waals surface area contributed by atoms with Gasteiger partial charge < -0.3 is 14.2 Å². The van der Waals surface area contributed by atoms with Crippen LogP contribution in [0.15, 0.2) is 6.20 Å². The summed E-state index contributed by atoms with van der Waals surface area (Å²) in [4.78, 5) is 0. The number of aromatic nitrogens is 2. The van der Waals surface area contributed by atoms with Crippen LogP contribution < -0.4 is 0 Å². The molecule has 0 bridgehead atoms. The smallest absolute Gasteiger partial charge is 0.104 e. The van der Waals surface area contributed by atoms with E-state index in [-0.39, 0.29) is 11.7 Å². The van der Waals surface area contributed by atoms with Gasteiger partial charge in [-0.2, -0.15) is 5.10 Å². The minimum Gasteiger partial charge on any atom is -0.382 e. The number of ether oxygens (including phenoxy) is 3. The number of halogens is 1. The van der Waals surface area contributed by atoms with Gasteiger partial charge in [0.2, 0.25) is 0 Å². The fourth-order valence-electron chi connectivity index (χ4n) is 3.22. The largest absolute Gasteiger partial charge is 0.382 e. The Morgan fingerprint density at radius 1 is 1.22 bits per heavy atom. The Morgan fingerprint density at radius 3 is 2.43 bits per heavy atom. The van der Waals surface area contributed by atoms with E-state index in [2.05, 4.69) is 39.3 Å². The zero-order valence-electron chi connectivity index (χ0n) is 14.5. The maximum atomic E-state index is 6.46. The zero-order valence-corrected chi connectivity index (χ0v) is 16.7. The molecule has 1 saturated carbocycles. The average molecular weight is 436 g/mol. The molecule has 0 radical (unpaired) electrons. The number of hydrogen-bond donors (Lipinski definition) is 0. The van der Waals surface area contributed by atoms with Crippen LogP contribution in [0.1, 0.15) is 44.2 Å². The summed E-state index contributed by atoms with van der Waals surface area (Å²) < 4.78 is 20.4. The van der Waals surface area contributed by atoms with Gasteiger partial charge >= 0.3 is 0 Å². The van der Waals surface area contributed by atoms with Crippen molar-refractivity contribution >= 4 is 22.6 Å². The third-order valence-corrected chi connectivity index (χ3v) is 5.82. The second kappa shape index (κ2) is 9.34. The van der Waals surface area contributed by atoms with Crippen LogP contribution in [0.25, 0.3) is 0 Å². The average Bonchev–Trinajstić information content (AvgIpc) is 2.76. The third-order valence-electron chi connectivity index (χ3n) is 4.76. The summed E-state index contributed by atoms with van der Waals surface area (Å²) in [6.07, 6.45) is 9.14. The first-order valence-electron chi connectivity index (χ1n) is 8.44. The lowest BCUT2D eigenvalue weighted by Gasteiger charge is -2.34. The molecule has 132 valence electrons. The fraction of sp³-hybridized carbons (Fsp3) is 0.824. The van der Waals surface area contributed by atoms with Crippen molar-refractivity contribution in [1.29, 1.82) is 0 Å². The fourth-order valence-corrected chi connectivity index (χ4v) is 3.62. The zero-order chi connectivity index (χ0) is 16.7. The molecule has 1 fully saturated rings. The van der Waals surface area contributed by atoms with Crippen molar-refractivity contribution < 1.29 is 14.2 Å². The highest BCUT2D eigenvalue weighted by Crippen LogP contribution is 2.33. The van der Waals surface area contributed by atoms with Gasteiger partial charge in [0.25, 0.3) is 0 Å². The summed E-state index contributed by atoms with van der Waals surface area (Å²) in [7, 11) is 3.41. The Kier molecular flexibility index (Phi) is 7.78. The predicted molar refractivity (Wildman–Crippen MR) is 98.7 cm³/mol. The summed E-state index contributed by atoms with van der Waals surface area (Å²) in [5.74, 6) is 0. The molecule has 1 aromatic rings. The van der Waals surface area contributed by atoms with Crippen LogP contribution in [0.2, 0.25) is 0 Å². The predicted octanol–water partition coefficient (Wildman–Crippen LogP) is 3.57. The van der Waals surface area contributed by atoms with Crippen molar-refractivity contribution in [2.75, 3.05) is 27.4 Å². The molecule has 0 N–H and O–H groups in total. The van der Waals surface area contributed by atoms with Crippen molar-refractivity contribution in [3.05, 3.63) is 15.5 Å². The standard InChI is InChI=1S/C17H29IN2O3/c1-14-16(18)10-19-20(14)13-17(8-6-4-5-7-9-17)23-12-15(22-3)11-21-2/h10,15H,4-9,11-13H2,1-3H3. The summed E-state index contributed by atoms with van der Waals surface area (Å²) >= 11 is 2.34. The van der Waals surface area contributed by atoms with Gasteiger partial charge in [-0.05, 0) is 42.4 Å². The monoisotopic (exact) mass is 436 g/mol. The minimum atomic E-state index is -0.138. The Balaban J connectivity index is 2.09. The first-order chi connectivity index (χ1) is 11.1. The molecular weight excluding hydrogens is 407 g/mol. The van der Waals surface area contributed by atoms with Crippen molar-refractivity contribution in [2.45, 2.75) is 63.7 Å². The van der Waals surface area contributed by atoms with E-state index in [1.54, 1.807) is 14.2 Å². The molecule has 0 aliphatic heterocycles. The molecular formula is C17H29IN2O3. The Hall–Kier alpha value is -0.180.